The quantitative estimate of drug-likeness (QED) is 0.498. The van der Waals surface area contributed by atoms with Crippen molar-refractivity contribution in [1.29, 1.82) is 0 Å². The van der Waals surface area contributed by atoms with Crippen molar-refractivity contribution in [1.82, 2.24) is 4.98 Å². The molecule has 3 nitrogen and oxygen atoms in total. The summed E-state index contributed by atoms with van der Waals surface area (Å²) in [6.07, 6.45) is 6.03. The minimum atomic E-state index is 0.501. The van der Waals surface area contributed by atoms with Crippen LogP contribution in [-0.4, -0.2) is 18.1 Å². The highest BCUT2D eigenvalue weighted by Crippen LogP contribution is 2.08. The van der Waals surface area contributed by atoms with Crippen molar-refractivity contribution < 1.29 is 9.53 Å². The first-order chi connectivity index (χ1) is 6.43. The van der Waals surface area contributed by atoms with E-state index >= 15 is 0 Å². The third-order valence-corrected chi connectivity index (χ3v) is 2.54. The van der Waals surface area contributed by atoms with Crippen LogP contribution in [0.4, 0.5) is 0 Å². The van der Waals surface area contributed by atoms with Crippen LogP contribution in [0.2, 0.25) is 0 Å². The first-order valence-electron chi connectivity index (χ1n) is 4.37. The zero-order chi connectivity index (χ0) is 9.36. The molecule has 0 saturated carbocycles. The molecular formula is C9H13NO2S. The maximum atomic E-state index is 9.79. The fraction of sp³-hybridized carbons (Fsp3) is 0.556. The highest BCUT2D eigenvalue weighted by atomic mass is 32.1. The number of rotatable bonds is 7. The molecule has 0 radical (unpaired) electrons. The van der Waals surface area contributed by atoms with Crippen LogP contribution in [0.5, 0.6) is 0 Å². The Morgan fingerprint density at radius 3 is 3.08 bits per heavy atom. The first kappa shape index (κ1) is 10.2. The van der Waals surface area contributed by atoms with Gasteiger partial charge in [-0.25, -0.2) is 4.98 Å². The zero-order valence-electron chi connectivity index (χ0n) is 7.44. The molecule has 0 bridgehead atoms. The lowest BCUT2D eigenvalue weighted by molar-refractivity contribution is -0.128. The van der Waals surface area contributed by atoms with E-state index < -0.39 is 0 Å². The second-order valence-electron chi connectivity index (χ2n) is 2.70. The maximum Gasteiger partial charge on any atom is 0.293 e. The second-order valence-corrected chi connectivity index (χ2v) is 3.68. The molecule has 13 heavy (non-hydrogen) atoms. The first-order valence-corrected chi connectivity index (χ1v) is 5.25. The van der Waals surface area contributed by atoms with Crippen molar-refractivity contribution in [3.8, 4) is 0 Å². The molecule has 0 aliphatic carbocycles. The average Bonchev–Trinajstić information content (AvgIpc) is 2.63. The third-order valence-electron chi connectivity index (χ3n) is 1.70. The minimum Gasteiger partial charge on any atom is -0.468 e. The number of carbonyl (C=O) groups is 1. The molecule has 1 aromatic rings. The van der Waals surface area contributed by atoms with E-state index in [1.54, 1.807) is 11.3 Å². The van der Waals surface area contributed by atoms with Crippen LogP contribution in [0.25, 0.3) is 0 Å². The van der Waals surface area contributed by atoms with Crippen LogP contribution in [0.3, 0.4) is 0 Å². The van der Waals surface area contributed by atoms with Crippen LogP contribution in [0.1, 0.15) is 24.3 Å². The maximum absolute atomic E-state index is 9.79. The number of carbonyl (C=O) groups excluding carboxylic acids is 1. The Hall–Kier alpha value is -0.900. The summed E-state index contributed by atoms with van der Waals surface area (Å²) in [5, 5.41) is 3.18. The van der Waals surface area contributed by atoms with Gasteiger partial charge in [0.2, 0.25) is 0 Å². The molecule has 1 heterocycles. The van der Waals surface area contributed by atoms with Crippen molar-refractivity contribution in [3.05, 3.63) is 16.6 Å². The number of hydrogen-bond acceptors (Lipinski definition) is 4. The molecule has 0 saturated heterocycles. The van der Waals surface area contributed by atoms with Gasteiger partial charge in [0.25, 0.3) is 6.47 Å². The molecule has 0 aliphatic rings. The van der Waals surface area contributed by atoms with E-state index in [9.17, 15) is 4.79 Å². The summed E-state index contributed by atoms with van der Waals surface area (Å²) in [7, 11) is 0. The smallest absolute Gasteiger partial charge is 0.293 e. The number of aryl methyl sites for hydroxylation is 1. The largest absolute Gasteiger partial charge is 0.468 e. The molecule has 0 spiro atoms. The Balaban J connectivity index is 1.93. The molecule has 0 unspecified atom stereocenters. The van der Waals surface area contributed by atoms with E-state index in [1.807, 2.05) is 11.6 Å². The molecule has 0 fully saturated rings. The molecule has 72 valence electrons. The number of hydrogen-bond donors (Lipinski definition) is 0. The lowest BCUT2D eigenvalue weighted by Crippen LogP contribution is -1.92. The normalized spacial score (nSPS) is 9.85. The minimum absolute atomic E-state index is 0.501. The molecule has 4 heteroatoms. The molecule has 0 aliphatic heterocycles. The van der Waals surface area contributed by atoms with E-state index in [2.05, 4.69) is 9.72 Å². The van der Waals surface area contributed by atoms with Crippen LogP contribution in [-0.2, 0) is 16.0 Å². The van der Waals surface area contributed by atoms with Gasteiger partial charge in [0.05, 0.1) is 11.6 Å². The lowest BCUT2D eigenvalue weighted by atomic mass is 10.2. The summed E-state index contributed by atoms with van der Waals surface area (Å²) in [6, 6.07) is 0. The Morgan fingerprint density at radius 2 is 2.38 bits per heavy atom. The van der Waals surface area contributed by atoms with Gasteiger partial charge in [0, 0.05) is 11.6 Å². The topological polar surface area (TPSA) is 39.2 Å². The van der Waals surface area contributed by atoms with Crippen LogP contribution < -0.4 is 0 Å². The van der Waals surface area contributed by atoms with Crippen LogP contribution >= 0.6 is 11.3 Å². The van der Waals surface area contributed by atoms with E-state index in [1.165, 1.54) is 5.01 Å². The number of unbranched alkanes of at least 4 members (excludes halogenated alkanes) is 2. The predicted molar refractivity (Wildman–Crippen MR) is 51.7 cm³/mol. The second kappa shape index (κ2) is 6.60. The van der Waals surface area contributed by atoms with Gasteiger partial charge in [0.1, 0.15) is 0 Å². The monoisotopic (exact) mass is 199 g/mol. The third kappa shape index (κ3) is 4.62. The lowest BCUT2D eigenvalue weighted by Gasteiger charge is -1.97. The Morgan fingerprint density at radius 1 is 1.46 bits per heavy atom. The molecule has 1 rings (SSSR count). The summed E-state index contributed by atoms with van der Waals surface area (Å²) in [5.74, 6) is 0. The molecule has 1 aromatic heterocycles. The fourth-order valence-corrected chi connectivity index (χ4v) is 1.73. The number of ether oxygens (including phenoxy) is 1. The number of thiazole rings is 1. The molecular weight excluding hydrogens is 186 g/mol. The molecule has 0 N–H and O–H groups in total. The van der Waals surface area contributed by atoms with E-state index in [4.69, 9.17) is 0 Å². The number of aromatic nitrogens is 1. The summed E-state index contributed by atoms with van der Waals surface area (Å²) < 4.78 is 4.58. The highest BCUT2D eigenvalue weighted by molar-refractivity contribution is 7.09. The fourth-order valence-electron chi connectivity index (χ4n) is 1.06. The van der Waals surface area contributed by atoms with E-state index in [0.29, 0.717) is 13.1 Å². The van der Waals surface area contributed by atoms with Gasteiger partial charge >= 0.3 is 0 Å². The van der Waals surface area contributed by atoms with Gasteiger partial charge in [-0.05, 0) is 25.7 Å². The highest BCUT2D eigenvalue weighted by Gasteiger charge is 1.95. The van der Waals surface area contributed by atoms with Crippen LogP contribution in [0.15, 0.2) is 11.6 Å². The standard InChI is InChI=1S/C9H13NO2S/c11-8-12-6-3-1-2-4-9-10-5-7-13-9/h5,7-8H,1-4,6H2. The summed E-state index contributed by atoms with van der Waals surface area (Å²) in [5.41, 5.74) is 0. The van der Waals surface area contributed by atoms with Gasteiger partial charge in [-0.15, -0.1) is 11.3 Å². The Labute approximate surface area is 81.8 Å². The average molecular weight is 199 g/mol. The van der Waals surface area contributed by atoms with Gasteiger partial charge in [0.15, 0.2) is 0 Å². The van der Waals surface area contributed by atoms with Crippen LogP contribution in [0, 0.1) is 0 Å². The summed E-state index contributed by atoms with van der Waals surface area (Å²) in [6.45, 7) is 1.04. The van der Waals surface area contributed by atoms with Crippen molar-refractivity contribution in [2.45, 2.75) is 25.7 Å². The van der Waals surface area contributed by atoms with Crippen molar-refractivity contribution >= 4 is 17.8 Å². The molecule has 0 aromatic carbocycles. The van der Waals surface area contributed by atoms with Gasteiger partial charge in [-0.1, -0.05) is 0 Å². The zero-order valence-corrected chi connectivity index (χ0v) is 8.26. The van der Waals surface area contributed by atoms with E-state index in [-0.39, 0.29) is 0 Å². The number of nitrogens with zero attached hydrogens (tertiary/aromatic N) is 1. The van der Waals surface area contributed by atoms with Crippen molar-refractivity contribution in [2.24, 2.45) is 0 Å². The molecule has 0 amide bonds. The van der Waals surface area contributed by atoms with E-state index in [0.717, 1.165) is 25.7 Å². The Bertz CT molecular complexity index is 224. The summed E-state index contributed by atoms with van der Waals surface area (Å²) in [4.78, 5) is 14.0. The van der Waals surface area contributed by atoms with Gasteiger partial charge < -0.3 is 4.74 Å². The molecule has 0 atom stereocenters. The van der Waals surface area contributed by atoms with Gasteiger partial charge in [-0.3, -0.25) is 4.79 Å². The SMILES string of the molecule is O=COCCCCCc1nccs1. The van der Waals surface area contributed by atoms with Crippen molar-refractivity contribution in [2.75, 3.05) is 6.61 Å². The Kier molecular flexibility index (Phi) is 5.17. The van der Waals surface area contributed by atoms with Gasteiger partial charge in [-0.2, -0.15) is 0 Å². The predicted octanol–water partition coefficient (Wildman–Crippen LogP) is 2.03. The summed E-state index contributed by atoms with van der Waals surface area (Å²) >= 11 is 1.69. The van der Waals surface area contributed by atoms with Crippen molar-refractivity contribution in [3.63, 3.8) is 0 Å².